The Morgan fingerprint density at radius 2 is 2.04 bits per heavy atom. The van der Waals surface area contributed by atoms with E-state index in [1.165, 1.54) is 38.2 Å². The van der Waals surface area contributed by atoms with E-state index in [0.717, 1.165) is 25.9 Å². The molecular weight excluding hydrogens is 289 g/mol. The van der Waals surface area contributed by atoms with Crippen molar-refractivity contribution in [2.24, 2.45) is 17.6 Å². The summed E-state index contributed by atoms with van der Waals surface area (Å²) in [5.74, 6) is 0.964. The van der Waals surface area contributed by atoms with E-state index >= 15 is 0 Å². The summed E-state index contributed by atoms with van der Waals surface area (Å²) in [7, 11) is 0. The zero-order valence-electron chi connectivity index (χ0n) is 13.7. The van der Waals surface area contributed by atoms with E-state index in [1.807, 2.05) is 6.07 Å². The Balaban J connectivity index is 1.65. The van der Waals surface area contributed by atoms with Gasteiger partial charge in [0.2, 0.25) is 0 Å². The Morgan fingerprint density at radius 3 is 2.78 bits per heavy atom. The first-order chi connectivity index (χ1) is 11.2. The fraction of sp³-hybridized carbons (Fsp3) is 0.632. The van der Waals surface area contributed by atoms with Gasteiger partial charge in [-0.25, -0.2) is 4.39 Å². The monoisotopic (exact) mass is 315 g/mol. The molecule has 23 heavy (non-hydrogen) atoms. The molecule has 2 N–H and O–H groups in total. The zero-order valence-corrected chi connectivity index (χ0v) is 13.7. The molecule has 0 spiro atoms. The summed E-state index contributed by atoms with van der Waals surface area (Å²) in [4.78, 5) is 2.15. The number of halogens is 1. The van der Waals surface area contributed by atoms with E-state index in [4.69, 9.17) is 11.0 Å². The van der Waals surface area contributed by atoms with Crippen LogP contribution in [0.5, 0.6) is 0 Å². The maximum atomic E-state index is 14.3. The van der Waals surface area contributed by atoms with Gasteiger partial charge in [0.25, 0.3) is 0 Å². The smallest absolute Gasteiger partial charge is 0.147 e. The van der Waals surface area contributed by atoms with E-state index in [9.17, 15) is 4.39 Å². The first kappa shape index (κ1) is 16.3. The second kappa shape index (κ2) is 7.31. The molecule has 3 atom stereocenters. The molecule has 1 aromatic carbocycles. The quantitative estimate of drug-likeness (QED) is 0.922. The van der Waals surface area contributed by atoms with E-state index in [-0.39, 0.29) is 5.82 Å². The number of hydrogen-bond donors (Lipinski definition) is 1. The first-order valence-corrected chi connectivity index (χ1v) is 8.87. The Bertz CT molecular complexity index is 580. The highest BCUT2D eigenvalue weighted by Gasteiger charge is 2.28. The van der Waals surface area contributed by atoms with Gasteiger partial charge >= 0.3 is 0 Å². The van der Waals surface area contributed by atoms with Crippen molar-refractivity contribution in [1.29, 1.82) is 5.26 Å². The van der Waals surface area contributed by atoms with Crippen molar-refractivity contribution in [2.75, 3.05) is 18.0 Å². The fourth-order valence-electron chi connectivity index (χ4n) is 4.27. The van der Waals surface area contributed by atoms with E-state index in [1.54, 1.807) is 12.1 Å². The van der Waals surface area contributed by atoms with Gasteiger partial charge in [0.15, 0.2) is 0 Å². The van der Waals surface area contributed by atoms with Crippen molar-refractivity contribution in [3.8, 4) is 6.07 Å². The lowest BCUT2D eigenvalue weighted by atomic mass is 9.77. The maximum absolute atomic E-state index is 14.3. The zero-order chi connectivity index (χ0) is 16.2. The minimum atomic E-state index is -0.279. The number of anilines is 1. The highest BCUT2D eigenvalue weighted by atomic mass is 19.1. The van der Waals surface area contributed by atoms with Gasteiger partial charge in [-0.05, 0) is 62.1 Å². The minimum absolute atomic E-state index is 0.279. The van der Waals surface area contributed by atoms with Crippen LogP contribution in [0, 0.1) is 29.0 Å². The van der Waals surface area contributed by atoms with Crippen LogP contribution in [0.25, 0.3) is 0 Å². The maximum Gasteiger partial charge on any atom is 0.147 e. The Hall–Kier alpha value is -1.60. The molecule has 0 bridgehead atoms. The molecule has 0 amide bonds. The first-order valence-electron chi connectivity index (χ1n) is 8.87. The van der Waals surface area contributed by atoms with Crippen molar-refractivity contribution >= 4 is 5.69 Å². The molecule has 1 aliphatic carbocycles. The molecule has 3 nitrogen and oxygen atoms in total. The molecule has 1 saturated carbocycles. The predicted octanol–water partition coefficient (Wildman–Crippen LogP) is 3.82. The molecule has 124 valence electrons. The van der Waals surface area contributed by atoms with E-state index in [2.05, 4.69) is 4.90 Å². The van der Waals surface area contributed by atoms with Gasteiger partial charge in [-0.15, -0.1) is 0 Å². The van der Waals surface area contributed by atoms with Crippen molar-refractivity contribution < 1.29 is 4.39 Å². The van der Waals surface area contributed by atoms with Gasteiger partial charge in [-0.2, -0.15) is 5.26 Å². The summed E-state index contributed by atoms with van der Waals surface area (Å²) in [6.07, 6.45) is 8.48. The lowest BCUT2D eigenvalue weighted by molar-refractivity contribution is 0.236. The van der Waals surface area contributed by atoms with Gasteiger partial charge < -0.3 is 10.6 Å². The van der Waals surface area contributed by atoms with Crippen LogP contribution in [0.1, 0.15) is 50.5 Å². The molecule has 1 heterocycles. The fourth-order valence-corrected chi connectivity index (χ4v) is 4.27. The molecule has 3 rings (SSSR count). The van der Waals surface area contributed by atoms with Crippen molar-refractivity contribution in [3.05, 3.63) is 29.6 Å². The molecule has 2 aliphatic rings. The van der Waals surface area contributed by atoms with Crippen LogP contribution in [0.4, 0.5) is 10.1 Å². The second-order valence-corrected chi connectivity index (χ2v) is 7.18. The number of hydrogen-bond acceptors (Lipinski definition) is 3. The second-order valence-electron chi connectivity index (χ2n) is 7.18. The molecule has 4 heteroatoms. The summed E-state index contributed by atoms with van der Waals surface area (Å²) in [6, 6.07) is 7.15. The standard InChI is InChI=1S/C19H26FN3/c20-17-11-14(12-21)7-8-19(17)23-9-3-4-15(13-23)10-16-5-1-2-6-18(16)22/h7-8,11,15-16,18H,1-6,9-10,13,22H2/t15-,16+,18-/m1/s1. The Kier molecular flexibility index (Phi) is 5.17. The Morgan fingerprint density at radius 1 is 1.22 bits per heavy atom. The topological polar surface area (TPSA) is 53.0 Å². The third kappa shape index (κ3) is 3.84. The summed E-state index contributed by atoms with van der Waals surface area (Å²) < 4.78 is 14.3. The summed E-state index contributed by atoms with van der Waals surface area (Å²) >= 11 is 0. The molecule has 1 aliphatic heterocycles. The number of piperidine rings is 1. The number of rotatable bonds is 3. The number of nitrogens with two attached hydrogens (primary N) is 1. The lowest BCUT2D eigenvalue weighted by Crippen LogP contribution is -2.40. The van der Waals surface area contributed by atoms with Crippen LogP contribution in [0.3, 0.4) is 0 Å². The molecule has 0 radical (unpaired) electrons. The van der Waals surface area contributed by atoms with Crippen LogP contribution >= 0.6 is 0 Å². The van der Waals surface area contributed by atoms with Gasteiger partial charge in [0, 0.05) is 19.1 Å². The van der Waals surface area contributed by atoms with Crippen LogP contribution in [-0.2, 0) is 0 Å². The molecule has 1 aromatic rings. The van der Waals surface area contributed by atoms with Gasteiger partial charge in [0.1, 0.15) is 5.82 Å². The molecule has 0 unspecified atom stereocenters. The predicted molar refractivity (Wildman–Crippen MR) is 90.6 cm³/mol. The Labute approximate surface area is 138 Å². The van der Waals surface area contributed by atoms with Gasteiger partial charge in [0.05, 0.1) is 17.3 Å². The third-order valence-electron chi connectivity index (χ3n) is 5.54. The van der Waals surface area contributed by atoms with Crippen LogP contribution in [0.2, 0.25) is 0 Å². The summed E-state index contributed by atoms with van der Waals surface area (Å²) in [5.41, 5.74) is 7.32. The number of nitrogens with zero attached hydrogens (tertiary/aromatic N) is 2. The molecule has 2 fully saturated rings. The SMILES string of the molecule is N#Cc1ccc(N2CCC[C@H](C[C@@H]3CCCC[C@H]3N)C2)c(F)c1. The van der Waals surface area contributed by atoms with Crippen molar-refractivity contribution in [3.63, 3.8) is 0 Å². The van der Waals surface area contributed by atoms with Crippen LogP contribution in [0.15, 0.2) is 18.2 Å². The van der Waals surface area contributed by atoms with Gasteiger partial charge in [-0.1, -0.05) is 12.8 Å². The average molecular weight is 315 g/mol. The molecule has 0 aromatic heterocycles. The highest BCUT2D eigenvalue weighted by molar-refractivity contribution is 5.51. The molecular formula is C19H26FN3. The van der Waals surface area contributed by atoms with E-state index in [0.29, 0.717) is 29.1 Å². The summed E-state index contributed by atoms with van der Waals surface area (Å²) in [6.45, 7) is 1.81. The number of benzene rings is 1. The van der Waals surface area contributed by atoms with Crippen molar-refractivity contribution in [2.45, 2.75) is 51.0 Å². The highest BCUT2D eigenvalue weighted by Crippen LogP contribution is 2.33. The van der Waals surface area contributed by atoms with Crippen LogP contribution in [-0.4, -0.2) is 19.1 Å². The molecule has 1 saturated heterocycles. The van der Waals surface area contributed by atoms with Gasteiger partial charge in [-0.3, -0.25) is 0 Å². The van der Waals surface area contributed by atoms with E-state index < -0.39 is 0 Å². The largest absolute Gasteiger partial charge is 0.369 e. The lowest BCUT2D eigenvalue weighted by Gasteiger charge is -2.38. The van der Waals surface area contributed by atoms with Crippen LogP contribution < -0.4 is 10.6 Å². The summed E-state index contributed by atoms with van der Waals surface area (Å²) in [5, 5.41) is 8.87. The minimum Gasteiger partial charge on any atom is -0.369 e. The normalized spacial score (nSPS) is 28.4. The third-order valence-corrected chi connectivity index (χ3v) is 5.54. The number of nitriles is 1. The average Bonchev–Trinajstić information content (AvgIpc) is 2.57. The van der Waals surface area contributed by atoms with Crippen molar-refractivity contribution in [1.82, 2.24) is 0 Å².